The molecule has 3 aromatic carbocycles. The lowest BCUT2D eigenvalue weighted by Gasteiger charge is -2.32. The summed E-state index contributed by atoms with van der Waals surface area (Å²) in [6.45, 7) is 7.07. The van der Waals surface area contributed by atoms with Crippen molar-refractivity contribution in [3.05, 3.63) is 107 Å². The van der Waals surface area contributed by atoms with Crippen LogP contribution in [-0.2, 0) is 29.0 Å². The van der Waals surface area contributed by atoms with E-state index in [9.17, 15) is 9.59 Å². The fraction of sp³-hybridized carbons (Fsp3) is 0.310. The summed E-state index contributed by atoms with van der Waals surface area (Å²) in [6.07, 6.45) is 1.59. The van der Waals surface area contributed by atoms with Crippen LogP contribution >= 0.6 is 0 Å². The molecule has 4 nitrogen and oxygen atoms in total. The Kier molecular flexibility index (Phi) is 8.82. The van der Waals surface area contributed by atoms with E-state index in [0.29, 0.717) is 19.5 Å². The molecular formula is C29H34N2O2. The van der Waals surface area contributed by atoms with Gasteiger partial charge < -0.3 is 10.2 Å². The predicted octanol–water partition coefficient (Wildman–Crippen LogP) is 5.01. The summed E-state index contributed by atoms with van der Waals surface area (Å²) in [5.74, 6) is -0.147. The summed E-state index contributed by atoms with van der Waals surface area (Å²) in [7, 11) is 0. The van der Waals surface area contributed by atoms with Gasteiger partial charge in [-0.3, -0.25) is 9.59 Å². The highest BCUT2D eigenvalue weighted by atomic mass is 16.2. The van der Waals surface area contributed by atoms with Crippen molar-refractivity contribution in [2.75, 3.05) is 6.54 Å². The first-order valence-corrected chi connectivity index (χ1v) is 11.7. The maximum absolute atomic E-state index is 13.7. The van der Waals surface area contributed by atoms with Gasteiger partial charge in [0.2, 0.25) is 11.8 Å². The summed E-state index contributed by atoms with van der Waals surface area (Å²) in [5.41, 5.74) is 5.26. The van der Waals surface area contributed by atoms with Gasteiger partial charge in [0.1, 0.15) is 6.04 Å². The van der Waals surface area contributed by atoms with E-state index < -0.39 is 6.04 Å². The van der Waals surface area contributed by atoms with E-state index in [0.717, 1.165) is 34.2 Å². The lowest BCUT2D eigenvalue weighted by molar-refractivity contribution is -0.140. The van der Waals surface area contributed by atoms with Gasteiger partial charge in [0.05, 0.1) is 6.42 Å². The van der Waals surface area contributed by atoms with Crippen LogP contribution in [0.1, 0.15) is 41.2 Å². The van der Waals surface area contributed by atoms with Crippen LogP contribution in [0, 0.1) is 13.8 Å². The van der Waals surface area contributed by atoms with Gasteiger partial charge in [-0.15, -0.1) is 0 Å². The fourth-order valence-electron chi connectivity index (χ4n) is 3.96. The maximum Gasteiger partial charge on any atom is 0.243 e. The van der Waals surface area contributed by atoms with E-state index in [4.69, 9.17) is 0 Å². The van der Waals surface area contributed by atoms with Crippen LogP contribution < -0.4 is 5.32 Å². The molecule has 0 fully saturated rings. The molecule has 3 aromatic rings. The lowest BCUT2D eigenvalue weighted by atomic mass is 9.99. The highest BCUT2D eigenvalue weighted by molar-refractivity contribution is 5.89. The SMILES string of the molecule is CCCNC(=O)C(Cc1ccccc1)N(Cc1ccccc1)C(=O)Cc1cc(C)ccc1C. The normalized spacial score (nSPS) is 11.6. The van der Waals surface area contributed by atoms with Crippen molar-refractivity contribution in [1.82, 2.24) is 10.2 Å². The minimum atomic E-state index is -0.586. The molecule has 0 bridgehead atoms. The number of carbonyl (C=O) groups is 2. The number of hydrogen-bond acceptors (Lipinski definition) is 2. The second-order valence-corrected chi connectivity index (χ2v) is 8.61. The van der Waals surface area contributed by atoms with Crippen molar-refractivity contribution < 1.29 is 9.59 Å². The second-order valence-electron chi connectivity index (χ2n) is 8.61. The van der Waals surface area contributed by atoms with Crippen LogP contribution in [0.2, 0.25) is 0 Å². The van der Waals surface area contributed by atoms with Crippen molar-refractivity contribution in [2.24, 2.45) is 0 Å². The lowest BCUT2D eigenvalue weighted by Crippen LogP contribution is -2.51. The molecule has 0 aliphatic heterocycles. The number of benzene rings is 3. The van der Waals surface area contributed by atoms with Crippen molar-refractivity contribution in [3.63, 3.8) is 0 Å². The molecule has 0 aliphatic carbocycles. The van der Waals surface area contributed by atoms with Gasteiger partial charge in [0.15, 0.2) is 0 Å². The van der Waals surface area contributed by atoms with Gasteiger partial charge in [-0.05, 0) is 42.5 Å². The Balaban J connectivity index is 1.96. The van der Waals surface area contributed by atoms with Crippen LogP contribution in [0.15, 0.2) is 78.9 Å². The average molecular weight is 443 g/mol. The second kappa shape index (κ2) is 12.0. The quantitative estimate of drug-likeness (QED) is 0.480. The molecule has 0 saturated carbocycles. The van der Waals surface area contributed by atoms with Crippen LogP contribution in [0.4, 0.5) is 0 Å². The molecule has 0 spiro atoms. The number of carbonyl (C=O) groups excluding carboxylic acids is 2. The van der Waals surface area contributed by atoms with Crippen molar-refractivity contribution in [3.8, 4) is 0 Å². The molecule has 3 rings (SSSR count). The zero-order chi connectivity index (χ0) is 23.6. The molecule has 1 N–H and O–H groups in total. The highest BCUT2D eigenvalue weighted by Gasteiger charge is 2.30. The number of amides is 2. The van der Waals surface area contributed by atoms with Gasteiger partial charge in [0.25, 0.3) is 0 Å². The fourth-order valence-corrected chi connectivity index (χ4v) is 3.96. The molecule has 1 atom stereocenters. The molecule has 0 heterocycles. The molecule has 0 aromatic heterocycles. The summed E-state index contributed by atoms with van der Waals surface area (Å²) >= 11 is 0. The number of rotatable bonds is 10. The largest absolute Gasteiger partial charge is 0.354 e. The molecule has 33 heavy (non-hydrogen) atoms. The molecule has 172 valence electrons. The van der Waals surface area contributed by atoms with E-state index in [1.807, 2.05) is 81.4 Å². The van der Waals surface area contributed by atoms with Crippen LogP contribution in [0.5, 0.6) is 0 Å². The first kappa shape index (κ1) is 24.2. The van der Waals surface area contributed by atoms with E-state index in [1.165, 1.54) is 0 Å². The van der Waals surface area contributed by atoms with E-state index in [-0.39, 0.29) is 18.2 Å². The first-order chi connectivity index (χ1) is 16.0. The Morgan fingerprint density at radius 3 is 2.15 bits per heavy atom. The van der Waals surface area contributed by atoms with Crippen molar-refractivity contribution >= 4 is 11.8 Å². The number of nitrogens with zero attached hydrogens (tertiary/aromatic N) is 1. The Hall–Kier alpha value is -3.40. The van der Waals surface area contributed by atoms with E-state index >= 15 is 0 Å². The monoisotopic (exact) mass is 442 g/mol. The first-order valence-electron chi connectivity index (χ1n) is 11.7. The van der Waals surface area contributed by atoms with E-state index in [2.05, 4.69) is 23.5 Å². The molecule has 0 radical (unpaired) electrons. The Morgan fingerprint density at radius 1 is 0.879 bits per heavy atom. The van der Waals surface area contributed by atoms with Gasteiger partial charge in [-0.25, -0.2) is 0 Å². The molecule has 1 unspecified atom stereocenters. The Bertz CT molecular complexity index is 1050. The third-order valence-electron chi connectivity index (χ3n) is 5.86. The number of nitrogens with one attached hydrogen (secondary N) is 1. The minimum Gasteiger partial charge on any atom is -0.354 e. The molecular weight excluding hydrogens is 408 g/mol. The zero-order valence-electron chi connectivity index (χ0n) is 19.9. The third kappa shape index (κ3) is 7.04. The topological polar surface area (TPSA) is 49.4 Å². The minimum absolute atomic E-state index is 0.0415. The molecule has 0 aliphatic rings. The van der Waals surface area contributed by atoms with Gasteiger partial charge in [-0.2, -0.15) is 0 Å². The Labute approximate surface area is 197 Å². The van der Waals surface area contributed by atoms with Crippen LogP contribution in [-0.4, -0.2) is 29.3 Å². The third-order valence-corrected chi connectivity index (χ3v) is 5.86. The molecule has 0 saturated heterocycles. The maximum atomic E-state index is 13.7. The van der Waals surface area contributed by atoms with Gasteiger partial charge in [-0.1, -0.05) is 91.3 Å². The standard InChI is InChI=1S/C29H34N2O2/c1-4-17-30-29(33)27(19-24-11-7-5-8-12-24)31(21-25-13-9-6-10-14-25)28(32)20-26-18-22(2)15-16-23(26)3/h5-16,18,27H,4,17,19-21H2,1-3H3,(H,30,33). The summed E-state index contributed by atoms with van der Waals surface area (Å²) < 4.78 is 0. The van der Waals surface area contributed by atoms with Crippen LogP contribution in [0.25, 0.3) is 0 Å². The predicted molar refractivity (Wildman–Crippen MR) is 134 cm³/mol. The van der Waals surface area contributed by atoms with Gasteiger partial charge >= 0.3 is 0 Å². The molecule has 4 heteroatoms. The Morgan fingerprint density at radius 2 is 1.52 bits per heavy atom. The molecule has 2 amide bonds. The van der Waals surface area contributed by atoms with Crippen LogP contribution in [0.3, 0.4) is 0 Å². The highest BCUT2D eigenvalue weighted by Crippen LogP contribution is 2.18. The van der Waals surface area contributed by atoms with Gasteiger partial charge in [0, 0.05) is 19.5 Å². The van der Waals surface area contributed by atoms with Crippen molar-refractivity contribution in [1.29, 1.82) is 0 Å². The average Bonchev–Trinajstić information content (AvgIpc) is 2.83. The summed E-state index contributed by atoms with van der Waals surface area (Å²) in [5, 5.41) is 3.03. The van der Waals surface area contributed by atoms with E-state index in [1.54, 1.807) is 4.90 Å². The number of hydrogen-bond donors (Lipinski definition) is 1. The summed E-state index contributed by atoms with van der Waals surface area (Å²) in [6, 6.07) is 25.4. The zero-order valence-corrected chi connectivity index (χ0v) is 19.9. The summed E-state index contributed by atoms with van der Waals surface area (Å²) in [4.78, 5) is 28.8. The number of aryl methyl sites for hydroxylation is 2. The smallest absolute Gasteiger partial charge is 0.243 e. The van der Waals surface area contributed by atoms with Crippen molar-refractivity contribution in [2.45, 2.75) is 52.6 Å².